The van der Waals surface area contributed by atoms with Crippen LogP contribution in [0.4, 0.5) is 22.7 Å². The number of aromatic nitrogens is 4. The van der Waals surface area contributed by atoms with Crippen molar-refractivity contribution >= 4 is 143 Å². The van der Waals surface area contributed by atoms with Crippen LogP contribution in [0.15, 0.2) is 358 Å². The zero-order chi connectivity index (χ0) is 95.9. The fraction of sp³-hybridized carbons (Fsp3) is 0.115. The normalized spacial score (nSPS) is 12.4. The molecule has 0 radical (unpaired) electrons. The molecule has 0 aliphatic carbocycles. The first kappa shape index (κ1) is 80.2. The molecular formula is C122H94N8O4+4. The maximum absolute atomic E-state index is 8.46. The third-order valence-corrected chi connectivity index (χ3v) is 26.2. The molecule has 1 atom stereocenters. The molecule has 0 amide bonds. The molecule has 0 spiro atoms. The van der Waals surface area contributed by atoms with Crippen LogP contribution in [-0.2, 0) is 28.2 Å². The maximum Gasteiger partial charge on any atom is 0.224 e. The van der Waals surface area contributed by atoms with E-state index in [0.717, 1.165) is 188 Å². The van der Waals surface area contributed by atoms with Crippen molar-refractivity contribution < 1.29 is 41.4 Å². The van der Waals surface area contributed by atoms with E-state index in [1.54, 1.807) is 12.3 Å². The number of rotatable bonds is 10. The molecule has 642 valence electrons. The number of fused-ring (bicyclic) bond motifs is 15. The summed E-state index contributed by atoms with van der Waals surface area (Å²) in [6.45, 7) is 42.8. The van der Waals surface area contributed by atoms with Crippen molar-refractivity contribution in [3.63, 3.8) is 0 Å². The highest BCUT2D eigenvalue weighted by molar-refractivity contribution is 6.20. The summed E-state index contributed by atoms with van der Waals surface area (Å²) in [6.07, 6.45) is 5.95. The highest BCUT2D eigenvalue weighted by atomic mass is 16.3. The predicted octanol–water partition coefficient (Wildman–Crippen LogP) is 32.1. The van der Waals surface area contributed by atoms with E-state index in [1.165, 1.54) is 44.9 Å². The molecular weight excluding hydrogens is 1640 g/mol. The zero-order valence-corrected chi connectivity index (χ0v) is 76.1. The number of pyridine rings is 4. The number of hydrogen-bond donors (Lipinski definition) is 0. The van der Waals surface area contributed by atoms with E-state index in [9.17, 15) is 0 Å². The van der Waals surface area contributed by atoms with Crippen LogP contribution in [0.25, 0.3) is 229 Å². The van der Waals surface area contributed by atoms with Gasteiger partial charge in [-0.2, -0.15) is 4.57 Å². The number of furan rings is 4. The molecule has 0 aliphatic rings. The second-order valence-electron chi connectivity index (χ2n) is 34.7. The van der Waals surface area contributed by atoms with Gasteiger partial charge in [0.1, 0.15) is 72.9 Å². The molecule has 0 saturated heterocycles. The Morgan fingerprint density at radius 1 is 0.284 bits per heavy atom. The van der Waals surface area contributed by atoms with Gasteiger partial charge < -0.3 is 17.7 Å². The summed E-state index contributed by atoms with van der Waals surface area (Å²) in [5, 5.41) is 14.1. The number of aryl methyl sites for hydroxylation is 8. The average Bonchev–Trinajstić information content (AvgIpc) is 1.58. The van der Waals surface area contributed by atoms with Crippen molar-refractivity contribution in [1.82, 2.24) is 0 Å². The van der Waals surface area contributed by atoms with Gasteiger partial charge in [-0.3, -0.25) is 0 Å². The van der Waals surface area contributed by atoms with E-state index in [-0.39, 0.29) is 0 Å². The van der Waals surface area contributed by atoms with Gasteiger partial charge in [0, 0.05) is 112 Å². The van der Waals surface area contributed by atoms with E-state index in [2.05, 4.69) is 229 Å². The molecule has 8 heterocycles. The Hall–Kier alpha value is -17.2. The average molecular weight is 1740 g/mol. The first-order valence-corrected chi connectivity index (χ1v) is 44.7. The van der Waals surface area contributed by atoms with Crippen molar-refractivity contribution in [2.75, 3.05) is 0 Å². The molecule has 8 aromatic heterocycles. The fourth-order valence-electron chi connectivity index (χ4n) is 19.5. The predicted molar refractivity (Wildman–Crippen MR) is 548 cm³/mol. The van der Waals surface area contributed by atoms with Crippen molar-refractivity contribution in [1.29, 1.82) is 0 Å². The number of para-hydroxylation sites is 1. The third kappa shape index (κ3) is 14.7. The Balaban J connectivity index is 0.000000113. The Kier molecular flexibility index (Phi) is 21.0. The quantitative estimate of drug-likeness (QED) is 0.101. The molecule has 15 aromatic carbocycles. The molecule has 0 bridgehead atoms. The number of hydrogen-bond acceptors (Lipinski definition) is 4. The van der Waals surface area contributed by atoms with E-state index < -0.39 is 12.7 Å². The maximum atomic E-state index is 8.46. The molecule has 0 N–H and O–H groups in total. The molecule has 0 aliphatic heterocycles. The number of nitrogens with zero attached hydrogens (tertiary/aromatic N) is 8. The van der Waals surface area contributed by atoms with Gasteiger partial charge in [-0.25, -0.2) is 33.1 Å². The van der Waals surface area contributed by atoms with Crippen LogP contribution in [0.2, 0.25) is 0 Å². The molecule has 1 unspecified atom stereocenters. The molecule has 12 heteroatoms. The SMILES string of the molecule is [2H]C([2H])([2H])C([2H])(C)c1ccc(-c2c(C)ccc3c2oc2c(-c4ccccc4)c([N+]#[C-])ccc23)[n+](C)c1.[C-]#[N+]c1ccc2c(oc3c(-c4c5ccc(C(C)C)cc5cc[n+]4C)c(C)ccc32)c1-c1ccccc1.[C-]#[N+]c1ccc2c(oc3c(-c4c5ccccc5cc[n+]4C)c(C)ccc32)c1-c1ccccc1.[C-]#[N+]c1ccc2c(oc3c(-c4ccc5ccccc5[n+]4C)c(C)ccc32)c1-c1ccccc1. The molecule has 0 fully saturated rings. The Bertz CT molecular complexity index is 9100. The Morgan fingerprint density at radius 2 is 0.597 bits per heavy atom. The van der Waals surface area contributed by atoms with Gasteiger partial charge in [0.05, 0.1) is 59.3 Å². The zero-order valence-electron chi connectivity index (χ0n) is 80.1. The van der Waals surface area contributed by atoms with Gasteiger partial charge >= 0.3 is 0 Å². The van der Waals surface area contributed by atoms with Gasteiger partial charge in [0.15, 0.2) is 41.3 Å². The highest BCUT2D eigenvalue weighted by Gasteiger charge is 2.31. The minimum Gasteiger partial charge on any atom is -0.456 e. The largest absolute Gasteiger partial charge is 0.456 e. The summed E-state index contributed by atoms with van der Waals surface area (Å²) in [4.78, 5) is 15.2. The van der Waals surface area contributed by atoms with Gasteiger partial charge in [-0.1, -0.05) is 288 Å². The van der Waals surface area contributed by atoms with Crippen LogP contribution in [-0.4, -0.2) is 0 Å². The molecule has 12 nitrogen and oxygen atoms in total. The summed E-state index contributed by atoms with van der Waals surface area (Å²) in [5.41, 5.74) is 31.5. The lowest BCUT2D eigenvalue weighted by atomic mass is 9.94. The van der Waals surface area contributed by atoms with Crippen LogP contribution in [0, 0.1) is 54.0 Å². The van der Waals surface area contributed by atoms with E-state index in [4.69, 9.17) is 49.4 Å². The fourth-order valence-corrected chi connectivity index (χ4v) is 19.5. The smallest absolute Gasteiger partial charge is 0.224 e. The Morgan fingerprint density at radius 3 is 0.985 bits per heavy atom. The summed E-state index contributed by atoms with van der Waals surface area (Å²) in [6, 6.07) is 108. The molecule has 23 aromatic rings. The van der Waals surface area contributed by atoms with Gasteiger partial charge in [0.25, 0.3) is 0 Å². The minimum absolute atomic E-state index is 0.413. The Labute approximate surface area is 783 Å². The summed E-state index contributed by atoms with van der Waals surface area (Å²) >= 11 is 0. The summed E-state index contributed by atoms with van der Waals surface area (Å²) < 4.78 is 66.9. The molecule has 23 rings (SSSR count). The van der Waals surface area contributed by atoms with Gasteiger partial charge in [-0.15, -0.1) is 0 Å². The first-order chi connectivity index (χ1) is 66.9. The number of benzene rings is 15. The van der Waals surface area contributed by atoms with E-state index >= 15 is 0 Å². The third-order valence-electron chi connectivity index (χ3n) is 26.2. The van der Waals surface area contributed by atoms with Crippen LogP contribution in [0.1, 0.15) is 78.3 Å². The van der Waals surface area contributed by atoms with Crippen molar-refractivity contribution in [2.24, 2.45) is 28.2 Å². The van der Waals surface area contributed by atoms with E-state index in [1.807, 2.05) is 207 Å². The lowest BCUT2D eigenvalue weighted by molar-refractivity contribution is -0.660. The minimum atomic E-state index is -2.45. The first-order valence-electron chi connectivity index (χ1n) is 46.7. The van der Waals surface area contributed by atoms with Crippen molar-refractivity contribution in [3.05, 3.63) is 419 Å². The van der Waals surface area contributed by atoms with Crippen molar-refractivity contribution in [2.45, 2.75) is 67.1 Å². The molecule has 134 heavy (non-hydrogen) atoms. The topological polar surface area (TPSA) is 85.5 Å². The monoisotopic (exact) mass is 1740 g/mol. The van der Waals surface area contributed by atoms with Crippen molar-refractivity contribution in [3.8, 4) is 89.5 Å². The van der Waals surface area contributed by atoms with Gasteiger partial charge in [-0.05, 0) is 131 Å². The lowest BCUT2D eigenvalue weighted by Gasteiger charge is -2.11. The summed E-state index contributed by atoms with van der Waals surface area (Å²) in [5.74, 6) is -1.26. The van der Waals surface area contributed by atoms with Crippen LogP contribution >= 0.6 is 0 Å². The van der Waals surface area contributed by atoms with Gasteiger partial charge in [0.2, 0.25) is 28.3 Å². The second kappa shape index (κ2) is 35.0. The lowest BCUT2D eigenvalue weighted by Crippen LogP contribution is -2.32. The van der Waals surface area contributed by atoms with Crippen LogP contribution in [0.3, 0.4) is 0 Å². The highest BCUT2D eigenvalue weighted by Crippen LogP contribution is 2.51. The second-order valence-corrected chi connectivity index (χ2v) is 34.7. The van der Waals surface area contributed by atoms with Crippen LogP contribution < -0.4 is 18.3 Å². The molecule has 0 saturated carbocycles. The van der Waals surface area contributed by atoms with Crippen LogP contribution in [0.5, 0.6) is 0 Å². The summed E-state index contributed by atoms with van der Waals surface area (Å²) in [7, 11) is 8.13. The standard InChI is InChI=1S/C33H27N2O.2C30H21N2O.C29H25N2O/c1-20(2)23-12-14-25-24(19-23)17-18-35(5)31(25)29-21(3)11-13-26-27-15-16-28(34-4)30(33(27)36-32(26)29)22-9-7-6-8-10-22;1-19-13-15-22-23-16-17-24(31-2)28(21-10-5-4-6-11-21)30(23)33-29(22)27(19)26-18-14-20-9-7-8-12-25(20)32(26)3;1-19-13-14-23-24-15-16-25(31-2)27(21-10-5-4-6-11-21)30(24)33-29(23)26(19)28-22-12-8-7-9-20(22)17-18-32(28)3;1-18(2)21-12-16-25(31(5)17-21)26-19(3)11-13-22-23-14-15-24(30-4)27(29(23)32-28(22)26)20-9-7-6-8-10-20/h6-20H,1-3,5H3;2*4-18H,1,3H3;6-18H,1-3,5H3/q4*+1/i;;;1D3,18D. The van der Waals surface area contributed by atoms with E-state index in [0.29, 0.717) is 45.4 Å².